The maximum Gasteiger partial charge on any atom is 0.233 e. The number of nitrogens with one attached hydrogen (secondary N) is 1. The summed E-state index contributed by atoms with van der Waals surface area (Å²) in [6.07, 6.45) is 0. The Morgan fingerprint density at radius 2 is 1.89 bits per heavy atom. The van der Waals surface area contributed by atoms with Gasteiger partial charge in [0, 0.05) is 24.0 Å². The fourth-order valence-electron chi connectivity index (χ4n) is 1.83. The lowest BCUT2D eigenvalue weighted by molar-refractivity contribution is -0.123. The molecule has 0 aliphatic carbocycles. The Morgan fingerprint density at radius 1 is 1.21 bits per heavy atom. The van der Waals surface area contributed by atoms with Crippen LogP contribution in [-0.2, 0) is 9.59 Å². The van der Waals surface area contributed by atoms with Crippen molar-refractivity contribution < 1.29 is 14.4 Å². The van der Waals surface area contributed by atoms with E-state index in [4.69, 9.17) is 0 Å². The number of hydrogen-bond donors (Lipinski definition) is 1. The molecule has 0 saturated carbocycles. The predicted octanol–water partition coefficient (Wildman–Crippen LogP) is 1.71. The Labute approximate surface area is 119 Å². The van der Waals surface area contributed by atoms with Crippen molar-refractivity contribution in [2.45, 2.75) is 11.8 Å². The van der Waals surface area contributed by atoms with Gasteiger partial charge in [-0.1, -0.05) is 42.1 Å². The van der Waals surface area contributed by atoms with Crippen molar-refractivity contribution in [2.24, 2.45) is 0 Å². The summed E-state index contributed by atoms with van der Waals surface area (Å²) in [5.41, 5.74) is 0.430. The highest BCUT2D eigenvalue weighted by molar-refractivity contribution is 8.19. The van der Waals surface area contributed by atoms with Gasteiger partial charge in [-0.2, -0.15) is 0 Å². The van der Waals surface area contributed by atoms with Crippen LogP contribution in [0.1, 0.15) is 17.3 Å². The molecule has 1 aromatic rings. The second kappa shape index (κ2) is 5.79. The van der Waals surface area contributed by atoms with E-state index in [0.29, 0.717) is 17.1 Å². The minimum atomic E-state index is -1.48. The third-order valence-electron chi connectivity index (χ3n) is 2.63. The second-order valence-corrected chi connectivity index (χ2v) is 6.42. The van der Waals surface area contributed by atoms with Gasteiger partial charge in [0.15, 0.2) is 0 Å². The van der Waals surface area contributed by atoms with Crippen LogP contribution in [0.5, 0.6) is 0 Å². The van der Waals surface area contributed by atoms with Crippen molar-refractivity contribution in [3.8, 4) is 0 Å². The zero-order valence-corrected chi connectivity index (χ0v) is 12.0. The number of benzene rings is 1. The van der Waals surface area contributed by atoms with E-state index in [2.05, 4.69) is 5.32 Å². The van der Waals surface area contributed by atoms with Crippen LogP contribution in [0.25, 0.3) is 0 Å². The quantitative estimate of drug-likeness (QED) is 0.679. The van der Waals surface area contributed by atoms with E-state index >= 15 is 0 Å². The normalized spacial score (nSPS) is 22.9. The lowest BCUT2D eigenvalue weighted by Gasteiger charge is -2.33. The molecule has 0 aromatic heterocycles. The number of amides is 1. The summed E-state index contributed by atoms with van der Waals surface area (Å²) in [5.74, 6) is 0.570. The Bertz CT molecular complexity index is 518. The smallest absolute Gasteiger partial charge is 0.233 e. The van der Waals surface area contributed by atoms with Crippen LogP contribution in [0, 0.1) is 0 Å². The number of thioether (sulfide) groups is 2. The van der Waals surface area contributed by atoms with E-state index in [-0.39, 0.29) is 16.8 Å². The first kappa shape index (κ1) is 14.1. The van der Waals surface area contributed by atoms with Gasteiger partial charge in [-0.3, -0.25) is 14.4 Å². The van der Waals surface area contributed by atoms with Crippen LogP contribution in [0.15, 0.2) is 30.3 Å². The van der Waals surface area contributed by atoms with Gasteiger partial charge in [0.2, 0.25) is 21.7 Å². The average molecular weight is 295 g/mol. The van der Waals surface area contributed by atoms with E-state index < -0.39 is 4.87 Å². The first-order valence-electron chi connectivity index (χ1n) is 5.76. The molecule has 1 unspecified atom stereocenters. The summed E-state index contributed by atoms with van der Waals surface area (Å²) in [4.78, 5) is 34.7. The SMILES string of the molecule is CC(=O)NC1(C(=O)c2ccccc2)SCCSC1=O. The lowest BCUT2D eigenvalue weighted by Crippen LogP contribution is -2.57. The molecule has 19 heavy (non-hydrogen) atoms. The largest absolute Gasteiger partial charge is 0.328 e. The molecule has 1 atom stereocenters. The molecule has 0 bridgehead atoms. The van der Waals surface area contributed by atoms with E-state index in [1.165, 1.54) is 18.7 Å². The molecule has 1 aliphatic heterocycles. The van der Waals surface area contributed by atoms with Gasteiger partial charge >= 0.3 is 0 Å². The zero-order valence-electron chi connectivity index (χ0n) is 10.3. The molecule has 4 nitrogen and oxygen atoms in total. The lowest BCUT2D eigenvalue weighted by atomic mass is 10.0. The van der Waals surface area contributed by atoms with E-state index in [0.717, 1.165) is 11.8 Å². The van der Waals surface area contributed by atoms with Crippen molar-refractivity contribution in [3.05, 3.63) is 35.9 Å². The Hall–Kier alpha value is -1.27. The van der Waals surface area contributed by atoms with Crippen molar-refractivity contribution >= 4 is 40.3 Å². The molecule has 100 valence electrons. The van der Waals surface area contributed by atoms with E-state index in [1.807, 2.05) is 0 Å². The summed E-state index contributed by atoms with van der Waals surface area (Å²) in [6, 6.07) is 8.57. The van der Waals surface area contributed by atoms with Gasteiger partial charge in [-0.05, 0) is 0 Å². The average Bonchev–Trinajstić information content (AvgIpc) is 2.41. The van der Waals surface area contributed by atoms with Crippen molar-refractivity contribution in [1.29, 1.82) is 0 Å². The maximum absolute atomic E-state index is 12.6. The molecule has 1 aromatic carbocycles. The first-order valence-corrected chi connectivity index (χ1v) is 7.73. The highest BCUT2D eigenvalue weighted by Crippen LogP contribution is 2.36. The summed E-state index contributed by atoms with van der Waals surface area (Å²) in [6.45, 7) is 1.31. The van der Waals surface area contributed by atoms with Gasteiger partial charge in [0.1, 0.15) is 0 Å². The second-order valence-electron chi connectivity index (χ2n) is 4.04. The zero-order chi connectivity index (χ0) is 13.9. The summed E-state index contributed by atoms with van der Waals surface area (Å²) in [5, 5.41) is 2.25. The van der Waals surface area contributed by atoms with Gasteiger partial charge < -0.3 is 5.32 Å². The van der Waals surface area contributed by atoms with Crippen molar-refractivity contribution in [1.82, 2.24) is 5.32 Å². The minimum Gasteiger partial charge on any atom is -0.328 e. The summed E-state index contributed by atoms with van der Waals surface area (Å²) >= 11 is 2.29. The van der Waals surface area contributed by atoms with Crippen molar-refractivity contribution in [2.75, 3.05) is 11.5 Å². The number of carbonyl (C=O) groups excluding carboxylic acids is 3. The van der Waals surface area contributed by atoms with Crippen LogP contribution in [0.2, 0.25) is 0 Å². The minimum absolute atomic E-state index is 0.298. The molecule has 0 radical (unpaired) electrons. The monoisotopic (exact) mass is 295 g/mol. The molecular weight excluding hydrogens is 282 g/mol. The number of rotatable bonds is 3. The molecule has 2 rings (SSSR count). The van der Waals surface area contributed by atoms with Crippen molar-refractivity contribution in [3.63, 3.8) is 0 Å². The van der Waals surface area contributed by atoms with Crippen LogP contribution in [-0.4, -0.2) is 33.2 Å². The fourth-order valence-corrected chi connectivity index (χ4v) is 4.27. The van der Waals surface area contributed by atoms with Crippen LogP contribution < -0.4 is 5.32 Å². The molecule has 1 amide bonds. The maximum atomic E-state index is 12.6. The molecule has 1 N–H and O–H groups in total. The summed E-state index contributed by atoms with van der Waals surface area (Å²) in [7, 11) is 0. The van der Waals surface area contributed by atoms with Crippen LogP contribution >= 0.6 is 23.5 Å². The number of Topliss-reactive ketones (excluding diaryl/α,β-unsaturated/α-hetero) is 1. The number of carbonyl (C=O) groups is 3. The third kappa shape index (κ3) is 2.84. The number of hydrogen-bond acceptors (Lipinski definition) is 5. The summed E-state index contributed by atoms with van der Waals surface area (Å²) < 4.78 is 0. The Balaban J connectivity index is 2.40. The molecule has 1 saturated heterocycles. The van der Waals surface area contributed by atoms with E-state index in [9.17, 15) is 14.4 Å². The molecule has 1 aliphatic rings. The first-order chi connectivity index (χ1) is 9.06. The molecule has 6 heteroatoms. The van der Waals surface area contributed by atoms with Gasteiger partial charge in [0.05, 0.1) is 0 Å². The van der Waals surface area contributed by atoms with Gasteiger partial charge in [-0.25, -0.2) is 0 Å². The molecule has 1 heterocycles. The highest BCUT2D eigenvalue weighted by atomic mass is 32.2. The number of ketones is 1. The molecule has 1 fully saturated rings. The van der Waals surface area contributed by atoms with E-state index in [1.54, 1.807) is 30.3 Å². The standard InChI is InChI=1S/C13H13NO3S2/c1-9(15)14-13(12(17)18-7-8-19-13)11(16)10-5-3-2-4-6-10/h2-6H,7-8H2,1H3,(H,14,15). The molecular formula is C13H13NO3S2. The highest BCUT2D eigenvalue weighted by Gasteiger charge is 2.49. The fraction of sp³-hybridized carbons (Fsp3) is 0.308. The van der Waals surface area contributed by atoms with Crippen LogP contribution in [0.4, 0.5) is 0 Å². The Kier molecular flexibility index (Phi) is 4.31. The Morgan fingerprint density at radius 3 is 2.47 bits per heavy atom. The third-order valence-corrected chi connectivity index (χ3v) is 5.31. The van der Waals surface area contributed by atoms with Gasteiger partial charge in [-0.15, -0.1) is 11.8 Å². The molecule has 0 spiro atoms. The van der Waals surface area contributed by atoms with Gasteiger partial charge in [0.25, 0.3) is 0 Å². The topological polar surface area (TPSA) is 63.2 Å². The van der Waals surface area contributed by atoms with Crippen LogP contribution in [0.3, 0.4) is 0 Å². The predicted molar refractivity (Wildman–Crippen MR) is 77.2 cm³/mol.